The molecular weight excluding hydrogens is 224 g/mol. The predicted octanol–water partition coefficient (Wildman–Crippen LogP) is 2.98. The number of anilines is 3. The van der Waals surface area contributed by atoms with Crippen molar-refractivity contribution in [2.45, 2.75) is 13.8 Å². The van der Waals surface area contributed by atoms with E-state index in [2.05, 4.69) is 39.2 Å². The molecule has 94 valence electrons. The smallest absolute Gasteiger partial charge is 0.224 e. The van der Waals surface area contributed by atoms with Gasteiger partial charge in [-0.1, -0.05) is 18.2 Å². The van der Waals surface area contributed by atoms with Gasteiger partial charge >= 0.3 is 0 Å². The Labute approximate surface area is 108 Å². The quantitative estimate of drug-likeness (QED) is 0.895. The van der Waals surface area contributed by atoms with Crippen LogP contribution in [-0.2, 0) is 0 Å². The second kappa shape index (κ2) is 5.49. The summed E-state index contributed by atoms with van der Waals surface area (Å²) in [6.07, 6.45) is 1.77. The molecule has 0 atom stereocenters. The summed E-state index contributed by atoms with van der Waals surface area (Å²) in [5, 5.41) is 3.12. The first-order valence-corrected chi connectivity index (χ1v) is 6.08. The van der Waals surface area contributed by atoms with Crippen molar-refractivity contribution in [3.05, 3.63) is 42.1 Å². The highest BCUT2D eigenvalue weighted by atomic mass is 15.2. The molecule has 1 aromatic carbocycles. The second-order valence-electron chi connectivity index (χ2n) is 4.11. The zero-order chi connectivity index (χ0) is 13.0. The first-order valence-electron chi connectivity index (χ1n) is 6.08. The molecule has 1 N–H and O–H groups in total. The average Bonchev–Trinajstić information content (AvgIpc) is 2.39. The van der Waals surface area contributed by atoms with E-state index in [1.807, 2.05) is 32.2 Å². The number of para-hydroxylation sites is 1. The van der Waals surface area contributed by atoms with Crippen LogP contribution in [-0.4, -0.2) is 23.6 Å². The molecule has 2 aromatic rings. The third kappa shape index (κ3) is 2.59. The maximum atomic E-state index is 4.48. The largest absolute Gasteiger partial charge is 0.354 e. The number of hydrogen-bond donors (Lipinski definition) is 1. The Hall–Kier alpha value is -2.10. The molecule has 0 aliphatic heterocycles. The first kappa shape index (κ1) is 12.4. The number of aromatic nitrogens is 2. The average molecular weight is 242 g/mol. The van der Waals surface area contributed by atoms with Crippen LogP contribution in [0.4, 0.5) is 17.5 Å². The Kier molecular flexibility index (Phi) is 3.77. The van der Waals surface area contributed by atoms with Crippen molar-refractivity contribution in [3.8, 4) is 0 Å². The summed E-state index contributed by atoms with van der Waals surface area (Å²) in [7, 11) is 2.01. The lowest BCUT2D eigenvalue weighted by molar-refractivity contribution is 1.04. The van der Waals surface area contributed by atoms with Gasteiger partial charge in [0.05, 0.1) is 0 Å². The summed E-state index contributed by atoms with van der Waals surface area (Å²) in [5.41, 5.74) is 2.38. The van der Waals surface area contributed by atoms with E-state index < -0.39 is 0 Å². The lowest BCUT2D eigenvalue weighted by Crippen LogP contribution is -2.14. The monoisotopic (exact) mass is 242 g/mol. The van der Waals surface area contributed by atoms with Gasteiger partial charge in [0.1, 0.15) is 5.82 Å². The molecule has 1 aromatic heterocycles. The molecule has 0 radical (unpaired) electrons. The van der Waals surface area contributed by atoms with Crippen molar-refractivity contribution in [2.24, 2.45) is 0 Å². The lowest BCUT2D eigenvalue weighted by atomic mass is 10.2. The van der Waals surface area contributed by atoms with Crippen LogP contribution in [0.25, 0.3) is 0 Å². The van der Waals surface area contributed by atoms with Gasteiger partial charge in [0, 0.05) is 25.5 Å². The fourth-order valence-corrected chi connectivity index (χ4v) is 1.84. The summed E-state index contributed by atoms with van der Waals surface area (Å²) < 4.78 is 0. The van der Waals surface area contributed by atoms with Gasteiger partial charge < -0.3 is 10.2 Å². The van der Waals surface area contributed by atoms with Gasteiger partial charge in [0.25, 0.3) is 0 Å². The van der Waals surface area contributed by atoms with Gasteiger partial charge in [-0.15, -0.1) is 0 Å². The maximum Gasteiger partial charge on any atom is 0.224 e. The van der Waals surface area contributed by atoms with Crippen LogP contribution in [0, 0.1) is 6.92 Å². The Morgan fingerprint density at radius 3 is 2.72 bits per heavy atom. The second-order valence-corrected chi connectivity index (χ2v) is 4.11. The van der Waals surface area contributed by atoms with E-state index in [9.17, 15) is 0 Å². The summed E-state index contributed by atoms with van der Waals surface area (Å²) in [5.74, 6) is 1.55. The summed E-state index contributed by atoms with van der Waals surface area (Å²) in [4.78, 5) is 10.7. The van der Waals surface area contributed by atoms with E-state index in [-0.39, 0.29) is 0 Å². The van der Waals surface area contributed by atoms with Crippen LogP contribution in [0.5, 0.6) is 0 Å². The maximum absolute atomic E-state index is 4.48. The van der Waals surface area contributed by atoms with Crippen LogP contribution in [0.1, 0.15) is 12.5 Å². The highest BCUT2D eigenvalue weighted by Gasteiger charge is 2.08. The van der Waals surface area contributed by atoms with E-state index in [0.29, 0.717) is 5.95 Å². The van der Waals surface area contributed by atoms with E-state index in [0.717, 1.165) is 18.1 Å². The zero-order valence-corrected chi connectivity index (χ0v) is 11.0. The van der Waals surface area contributed by atoms with E-state index in [4.69, 9.17) is 0 Å². The molecule has 0 aliphatic carbocycles. The normalized spacial score (nSPS) is 10.2. The SMILES string of the molecule is CCNc1nccc(N(C)c2ccccc2C)n1. The minimum atomic E-state index is 0.662. The van der Waals surface area contributed by atoms with E-state index in [1.165, 1.54) is 5.56 Å². The fraction of sp³-hybridized carbons (Fsp3) is 0.286. The van der Waals surface area contributed by atoms with Crippen molar-refractivity contribution in [1.82, 2.24) is 9.97 Å². The topological polar surface area (TPSA) is 41.1 Å². The van der Waals surface area contributed by atoms with Crippen LogP contribution >= 0.6 is 0 Å². The minimum absolute atomic E-state index is 0.662. The van der Waals surface area contributed by atoms with Gasteiger partial charge in [0.2, 0.25) is 5.95 Å². The number of rotatable bonds is 4. The first-order chi connectivity index (χ1) is 8.72. The van der Waals surface area contributed by atoms with Crippen molar-refractivity contribution >= 4 is 17.5 Å². The summed E-state index contributed by atoms with van der Waals surface area (Å²) in [6.45, 7) is 4.94. The van der Waals surface area contributed by atoms with Crippen LogP contribution in [0.3, 0.4) is 0 Å². The summed E-state index contributed by atoms with van der Waals surface area (Å²) >= 11 is 0. The molecule has 4 heteroatoms. The highest BCUT2D eigenvalue weighted by Crippen LogP contribution is 2.24. The van der Waals surface area contributed by atoms with Crippen molar-refractivity contribution in [2.75, 3.05) is 23.8 Å². The number of aryl methyl sites for hydroxylation is 1. The molecule has 0 saturated carbocycles. The zero-order valence-electron chi connectivity index (χ0n) is 11.0. The molecule has 0 unspecified atom stereocenters. The Morgan fingerprint density at radius 2 is 2.00 bits per heavy atom. The molecule has 1 heterocycles. The number of nitrogens with zero attached hydrogens (tertiary/aromatic N) is 3. The Balaban J connectivity index is 2.31. The predicted molar refractivity (Wildman–Crippen MR) is 75.4 cm³/mol. The molecule has 4 nitrogen and oxygen atoms in total. The molecule has 0 spiro atoms. The molecule has 0 fully saturated rings. The molecule has 0 bridgehead atoms. The third-order valence-corrected chi connectivity index (χ3v) is 2.80. The van der Waals surface area contributed by atoms with Crippen LogP contribution < -0.4 is 10.2 Å². The number of benzene rings is 1. The van der Waals surface area contributed by atoms with Gasteiger partial charge in [-0.3, -0.25) is 0 Å². The van der Waals surface area contributed by atoms with Gasteiger partial charge in [-0.25, -0.2) is 4.98 Å². The molecule has 2 rings (SSSR count). The standard InChI is InChI=1S/C14H18N4/c1-4-15-14-16-10-9-13(17-14)18(3)12-8-6-5-7-11(12)2/h5-10H,4H2,1-3H3,(H,15,16,17). The molecule has 18 heavy (non-hydrogen) atoms. The van der Waals surface area contributed by atoms with Crippen molar-refractivity contribution in [1.29, 1.82) is 0 Å². The summed E-state index contributed by atoms with van der Waals surface area (Å²) in [6, 6.07) is 10.2. The highest BCUT2D eigenvalue weighted by molar-refractivity contribution is 5.63. The lowest BCUT2D eigenvalue weighted by Gasteiger charge is -2.20. The Morgan fingerprint density at radius 1 is 1.22 bits per heavy atom. The van der Waals surface area contributed by atoms with Gasteiger partial charge in [-0.2, -0.15) is 4.98 Å². The van der Waals surface area contributed by atoms with E-state index >= 15 is 0 Å². The van der Waals surface area contributed by atoms with Crippen molar-refractivity contribution in [3.63, 3.8) is 0 Å². The number of hydrogen-bond acceptors (Lipinski definition) is 4. The van der Waals surface area contributed by atoms with Crippen LogP contribution in [0.2, 0.25) is 0 Å². The molecule has 0 aliphatic rings. The third-order valence-electron chi connectivity index (χ3n) is 2.80. The molecular formula is C14H18N4. The molecule has 0 saturated heterocycles. The van der Waals surface area contributed by atoms with E-state index in [1.54, 1.807) is 6.20 Å². The molecule has 0 amide bonds. The van der Waals surface area contributed by atoms with Crippen LogP contribution in [0.15, 0.2) is 36.5 Å². The van der Waals surface area contributed by atoms with Gasteiger partial charge in [-0.05, 0) is 31.5 Å². The minimum Gasteiger partial charge on any atom is -0.354 e. The number of nitrogens with one attached hydrogen (secondary N) is 1. The fourth-order valence-electron chi connectivity index (χ4n) is 1.84. The van der Waals surface area contributed by atoms with Crippen molar-refractivity contribution < 1.29 is 0 Å². The van der Waals surface area contributed by atoms with Gasteiger partial charge in [0.15, 0.2) is 0 Å². The Bertz CT molecular complexity index is 525.